The van der Waals surface area contributed by atoms with Crippen molar-refractivity contribution in [3.63, 3.8) is 0 Å². The number of hydrogen-bond acceptors (Lipinski definition) is 4. The second kappa shape index (κ2) is 5.88. The maximum atomic E-state index is 12.4. The van der Waals surface area contributed by atoms with Gasteiger partial charge in [-0.1, -0.05) is 0 Å². The van der Waals surface area contributed by atoms with Crippen molar-refractivity contribution >= 4 is 11.9 Å². The van der Waals surface area contributed by atoms with Gasteiger partial charge in [-0.05, 0) is 39.8 Å². The van der Waals surface area contributed by atoms with E-state index in [1.807, 2.05) is 11.8 Å². The van der Waals surface area contributed by atoms with Crippen LogP contribution in [-0.4, -0.2) is 71.7 Å². The van der Waals surface area contributed by atoms with Gasteiger partial charge in [-0.3, -0.25) is 4.79 Å². The minimum atomic E-state index is -0.973. The van der Waals surface area contributed by atoms with Gasteiger partial charge in [-0.15, -0.1) is 0 Å². The van der Waals surface area contributed by atoms with Crippen molar-refractivity contribution in [3.05, 3.63) is 0 Å². The highest BCUT2D eigenvalue weighted by Gasteiger charge is 2.38. The summed E-state index contributed by atoms with van der Waals surface area (Å²) in [6.07, 6.45) is 0.482. The van der Waals surface area contributed by atoms with Crippen LogP contribution in [0.25, 0.3) is 0 Å². The van der Waals surface area contributed by atoms with Crippen LogP contribution in [0.5, 0.6) is 0 Å². The molecule has 108 valence electrons. The fourth-order valence-electron chi connectivity index (χ4n) is 2.89. The van der Waals surface area contributed by atoms with Crippen LogP contribution in [0, 0.1) is 0 Å². The molecule has 6 heteroatoms. The normalized spacial score (nSPS) is 33.2. The molecule has 2 heterocycles. The predicted octanol–water partition coefficient (Wildman–Crippen LogP) is 0.171. The van der Waals surface area contributed by atoms with Gasteiger partial charge < -0.3 is 19.6 Å². The highest BCUT2D eigenvalue weighted by molar-refractivity contribution is 5.83. The average molecular weight is 270 g/mol. The lowest BCUT2D eigenvalue weighted by atomic mass is 10.1. The summed E-state index contributed by atoms with van der Waals surface area (Å²) in [4.78, 5) is 27.3. The number of rotatable bonds is 2. The van der Waals surface area contributed by atoms with Crippen LogP contribution < -0.4 is 0 Å². The van der Waals surface area contributed by atoms with Crippen molar-refractivity contribution in [2.45, 2.75) is 44.4 Å². The van der Waals surface area contributed by atoms with Gasteiger partial charge >= 0.3 is 5.97 Å². The molecule has 0 aromatic rings. The van der Waals surface area contributed by atoms with Crippen LogP contribution in [0.3, 0.4) is 0 Å². The Labute approximate surface area is 113 Å². The molecule has 2 aliphatic heterocycles. The summed E-state index contributed by atoms with van der Waals surface area (Å²) in [5.74, 6) is -1.02. The number of carboxylic acids is 1. The Kier molecular flexibility index (Phi) is 4.42. The van der Waals surface area contributed by atoms with Gasteiger partial charge in [0.2, 0.25) is 0 Å². The first-order valence-corrected chi connectivity index (χ1v) is 6.86. The Morgan fingerprint density at radius 3 is 2.53 bits per heavy atom. The molecule has 0 aromatic heterocycles. The van der Waals surface area contributed by atoms with E-state index in [0.29, 0.717) is 12.8 Å². The van der Waals surface area contributed by atoms with Gasteiger partial charge in [0.15, 0.2) is 6.10 Å². The van der Waals surface area contributed by atoms with E-state index < -0.39 is 18.2 Å². The zero-order valence-electron chi connectivity index (χ0n) is 11.5. The molecule has 0 radical (unpaired) electrons. The van der Waals surface area contributed by atoms with E-state index >= 15 is 0 Å². The van der Waals surface area contributed by atoms with Gasteiger partial charge in [0.05, 0.1) is 0 Å². The number of carbonyl (C=O) groups is 2. The predicted molar refractivity (Wildman–Crippen MR) is 68.8 cm³/mol. The van der Waals surface area contributed by atoms with E-state index in [0.717, 1.165) is 26.1 Å². The van der Waals surface area contributed by atoms with Crippen LogP contribution >= 0.6 is 0 Å². The van der Waals surface area contributed by atoms with E-state index in [9.17, 15) is 9.59 Å². The standard InChI is InChI=1S/C13H22N2O4/c1-9-8-14(2)6-3-7-15(9)12(16)10-4-5-11(19-10)13(17)18/h9-11H,3-8H2,1-2H3,(H,17,18)/t9?,10-,11+/m0/s1. The molecule has 0 bridgehead atoms. The first kappa shape index (κ1) is 14.3. The maximum Gasteiger partial charge on any atom is 0.332 e. The second-order valence-corrected chi connectivity index (χ2v) is 5.53. The second-order valence-electron chi connectivity index (χ2n) is 5.53. The number of nitrogens with zero attached hydrogens (tertiary/aromatic N) is 2. The van der Waals surface area contributed by atoms with Crippen LogP contribution in [0.4, 0.5) is 0 Å². The first-order valence-electron chi connectivity index (χ1n) is 6.86. The third-order valence-corrected chi connectivity index (χ3v) is 3.90. The summed E-state index contributed by atoms with van der Waals surface area (Å²) >= 11 is 0. The number of carboxylic acid groups (broad SMARTS) is 1. The Morgan fingerprint density at radius 1 is 1.21 bits per heavy atom. The third kappa shape index (κ3) is 3.25. The molecule has 1 unspecified atom stereocenters. The summed E-state index contributed by atoms with van der Waals surface area (Å²) in [6, 6.07) is 0.146. The van der Waals surface area contributed by atoms with Crippen LogP contribution in [0.15, 0.2) is 0 Å². The molecule has 3 atom stereocenters. The molecule has 2 fully saturated rings. The van der Waals surface area contributed by atoms with E-state index in [-0.39, 0.29) is 11.9 Å². The fraction of sp³-hybridized carbons (Fsp3) is 0.846. The molecule has 19 heavy (non-hydrogen) atoms. The highest BCUT2D eigenvalue weighted by Crippen LogP contribution is 2.23. The van der Waals surface area contributed by atoms with E-state index in [1.54, 1.807) is 0 Å². The van der Waals surface area contributed by atoms with Gasteiger partial charge in [0.25, 0.3) is 5.91 Å². The van der Waals surface area contributed by atoms with Crippen LogP contribution in [0.2, 0.25) is 0 Å². The molecule has 0 spiro atoms. The summed E-state index contributed by atoms with van der Waals surface area (Å²) in [5, 5.41) is 8.90. The first-order chi connectivity index (χ1) is 8.99. The summed E-state index contributed by atoms with van der Waals surface area (Å²) < 4.78 is 5.35. The number of amides is 1. The summed E-state index contributed by atoms with van der Waals surface area (Å²) in [5.41, 5.74) is 0. The smallest absolute Gasteiger partial charge is 0.332 e. The fourth-order valence-corrected chi connectivity index (χ4v) is 2.89. The topological polar surface area (TPSA) is 70.1 Å². The van der Waals surface area contributed by atoms with E-state index in [1.165, 1.54) is 0 Å². The zero-order valence-corrected chi connectivity index (χ0v) is 11.5. The van der Waals surface area contributed by atoms with Crippen molar-refractivity contribution < 1.29 is 19.4 Å². The zero-order chi connectivity index (χ0) is 14.0. The molecular formula is C13H22N2O4. The number of likely N-dealkylation sites (N-methyl/N-ethyl adjacent to an activating group) is 1. The Morgan fingerprint density at radius 2 is 1.89 bits per heavy atom. The Balaban J connectivity index is 1.97. The van der Waals surface area contributed by atoms with Gasteiger partial charge in [-0.2, -0.15) is 0 Å². The SMILES string of the molecule is CC1CN(C)CCCN1C(=O)[C@@H]1CC[C@H](C(=O)O)O1. The van der Waals surface area contributed by atoms with Crippen molar-refractivity contribution in [3.8, 4) is 0 Å². The lowest BCUT2D eigenvalue weighted by Crippen LogP contribution is -2.46. The van der Waals surface area contributed by atoms with Crippen LogP contribution in [-0.2, 0) is 14.3 Å². The third-order valence-electron chi connectivity index (χ3n) is 3.90. The Hall–Kier alpha value is -1.14. The lowest BCUT2D eigenvalue weighted by Gasteiger charge is -2.30. The van der Waals surface area contributed by atoms with Gasteiger partial charge in [0, 0.05) is 19.1 Å². The minimum Gasteiger partial charge on any atom is -0.479 e. The molecular weight excluding hydrogens is 248 g/mol. The highest BCUT2D eigenvalue weighted by atomic mass is 16.5. The number of hydrogen-bond donors (Lipinski definition) is 1. The van der Waals surface area contributed by atoms with Crippen molar-refractivity contribution in [2.75, 3.05) is 26.7 Å². The summed E-state index contributed by atoms with van der Waals surface area (Å²) in [7, 11) is 2.05. The van der Waals surface area contributed by atoms with Crippen molar-refractivity contribution in [2.24, 2.45) is 0 Å². The van der Waals surface area contributed by atoms with E-state index in [2.05, 4.69) is 11.9 Å². The van der Waals surface area contributed by atoms with Crippen LogP contribution in [0.1, 0.15) is 26.2 Å². The lowest BCUT2D eigenvalue weighted by molar-refractivity contribution is -0.155. The molecule has 0 saturated carbocycles. The van der Waals surface area contributed by atoms with Gasteiger partial charge in [0.1, 0.15) is 6.10 Å². The molecule has 0 aromatic carbocycles. The number of ether oxygens (including phenoxy) is 1. The number of carbonyl (C=O) groups excluding carboxylic acids is 1. The molecule has 2 aliphatic rings. The van der Waals surface area contributed by atoms with Crippen molar-refractivity contribution in [1.82, 2.24) is 9.80 Å². The number of aliphatic carboxylic acids is 1. The maximum absolute atomic E-state index is 12.4. The molecule has 1 N–H and O–H groups in total. The molecule has 6 nitrogen and oxygen atoms in total. The molecule has 2 rings (SSSR count). The molecule has 1 amide bonds. The van der Waals surface area contributed by atoms with E-state index in [4.69, 9.17) is 9.84 Å². The van der Waals surface area contributed by atoms with Gasteiger partial charge in [-0.25, -0.2) is 4.79 Å². The minimum absolute atomic E-state index is 0.0495. The molecule has 0 aliphatic carbocycles. The summed E-state index contributed by atoms with van der Waals surface area (Å²) in [6.45, 7) is 4.59. The molecule has 2 saturated heterocycles. The quantitative estimate of drug-likeness (QED) is 0.774. The van der Waals surface area contributed by atoms with Crippen molar-refractivity contribution in [1.29, 1.82) is 0 Å². The average Bonchev–Trinajstić information content (AvgIpc) is 2.77. The Bertz CT molecular complexity index is 361. The monoisotopic (exact) mass is 270 g/mol. The largest absolute Gasteiger partial charge is 0.479 e.